The summed E-state index contributed by atoms with van der Waals surface area (Å²) in [5.41, 5.74) is 0.326. The number of ether oxygens (including phenoxy) is 2. The van der Waals surface area contributed by atoms with Gasteiger partial charge in [0.25, 0.3) is 5.91 Å². The molecule has 1 aliphatic heterocycles. The summed E-state index contributed by atoms with van der Waals surface area (Å²) in [6.07, 6.45) is 0.596. The van der Waals surface area contributed by atoms with Crippen LogP contribution in [0.1, 0.15) is 23.2 Å². The number of benzene rings is 1. The Morgan fingerprint density at radius 2 is 1.81 bits per heavy atom. The first-order chi connectivity index (χ1) is 12.8. The van der Waals surface area contributed by atoms with E-state index in [2.05, 4.69) is 5.32 Å². The molecule has 0 aliphatic carbocycles. The van der Waals surface area contributed by atoms with E-state index in [0.29, 0.717) is 29.9 Å². The van der Waals surface area contributed by atoms with Crippen LogP contribution in [0.15, 0.2) is 18.2 Å². The summed E-state index contributed by atoms with van der Waals surface area (Å²) in [5, 5.41) is 11.6. The smallest absolute Gasteiger partial charge is 0.306 e. The van der Waals surface area contributed by atoms with Gasteiger partial charge >= 0.3 is 5.97 Å². The molecule has 0 atom stereocenters. The molecule has 150 valence electrons. The quantitative estimate of drug-likeness (QED) is 0.654. The normalized spacial score (nSPS) is 15.9. The standard InChI is InChI=1S/C17H24N2O7S/c1-25-14-4-3-13(11-15(14)26-2)16(20)18-7-10-27(23,24)19-8-5-12(6-9-19)17(21)22/h3-4,11-12H,5-10H2,1-2H3,(H,18,20)(H,21,22). The van der Waals surface area contributed by atoms with Crippen LogP contribution >= 0.6 is 0 Å². The highest BCUT2D eigenvalue weighted by Crippen LogP contribution is 2.27. The molecule has 1 fully saturated rings. The van der Waals surface area contributed by atoms with Crippen molar-refractivity contribution in [1.82, 2.24) is 9.62 Å². The lowest BCUT2D eigenvalue weighted by atomic mass is 9.99. The summed E-state index contributed by atoms with van der Waals surface area (Å²) in [6.45, 7) is 0.320. The number of hydrogen-bond donors (Lipinski definition) is 2. The van der Waals surface area contributed by atoms with Gasteiger partial charge in [0.05, 0.1) is 25.9 Å². The molecule has 10 heteroatoms. The fourth-order valence-electron chi connectivity index (χ4n) is 2.88. The number of carboxylic acid groups (broad SMARTS) is 1. The Morgan fingerprint density at radius 3 is 2.37 bits per heavy atom. The molecule has 0 bridgehead atoms. The monoisotopic (exact) mass is 400 g/mol. The fourth-order valence-corrected chi connectivity index (χ4v) is 4.27. The van der Waals surface area contributed by atoms with Gasteiger partial charge in [-0.05, 0) is 31.0 Å². The van der Waals surface area contributed by atoms with Gasteiger partial charge in [0.2, 0.25) is 10.0 Å². The van der Waals surface area contributed by atoms with Crippen molar-refractivity contribution in [3.8, 4) is 11.5 Å². The predicted molar refractivity (Wildman–Crippen MR) is 97.6 cm³/mol. The van der Waals surface area contributed by atoms with Crippen LogP contribution in [0, 0.1) is 5.92 Å². The molecular weight excluding hydrogens is 376 g/mol. The Morgan fingerprint density at radius 1 is 1.19 bits per heavy atom. The number of nitrogens with zero attached hydrogens (tertiary/aromatic N) is 1. The summed E-state index contributed by atoms with van der Waals surface area (Å²) in [5.74, 6) is -1.17. The van der Waals surface area contributed by atoms with Gasteiger partial charge in [-0.1, -0.05) is 0 Å². The second-order valence-electron chi connectivity index (χ2n) is 6.15. The molecule has 27 heavy (non-hydrogen) atoms. The van der Waals surface area contributed by atoms with Crippen LogP contribution in [0.5, 0.6) is 11.5 Å². The Bertz CT molecular complexity index is 786. The number of amides is 1. The van der Waals surface area contributed by atoms with Crippen LogP contribution in [0.3, 0.4) is 0 Å². The molecule has 1 aromatic carbocycles. The van der Waals surface area contributed by atoms with E-state index in [1.54, 1.807) is 12.1 Å². The maximum absolute atomic E-state index is 12.4. The minimum Gasteiger partial charge on any atom is -0.493 e. The second-order valence-corrected chi connectivity index (χ2v) is 8.24. The predicted octanol–water partition coefficient (Wildman–Crippen LogP) is 0.560. The van der Waals surface area contributed by atoms with Crippen LogP contribution in [0.25, 0.3) is 0 Å². The first kappa shape index (κ1) is 21.0. The first-order valence-corrected chi connectivity index (χ1v) is 10.1. The molecule has 1 heterocycles. The van der Waals surface area contributed by atoms with Gasteiger partial charge in [0.15, 0.2) is 11.5 Å². The Kier molecular flexibility index (Phi) is 7.03. The number of nitrogens with one attached hydrogen (secondary N) is 1. The SMILES string of the molecule is COc1ccc(C(=O)NCCS(=O)(=O)N2CCC(C(=O)O)CC2)cc1OC. The van der Waals surface area contributed by atoms with Crippen molar-refractivity contribution in [3.63, 3.8) is 0 Å². The van der Waals surface area contributed by atoms with Crippen molar-refractivity contribution < 1.29 is 32.6 Å². The van der Waals surface area contributed by atoms with E-state index in [9.17, 15) is 18.0 Å². The molecule has 1 amide bonds. The van der Waals surface area contributed by atoms with E-state index < -0.39 is 27.8 Å². The van der Waals surface area contributed by atoms with Gasteiger partial charge in [-0.2, -0.15) is 0 Å². The highest BCUT2D eigenvalue weighted by atomic mass is 32.2. The molecule has 2 rings (SSSR count). The average molecular weight is 400 g/mol. The molecule has 0 aromatic heterocycles. The largest absolute Gasteiger partial charge is 0.493 e. The van der Waals surface area contributed by atoms with Crippen molar-refractivity contribution >= 4 is 21.9 Å². The van der Waals surface area contributed by atoms with Gasteiger partial charge in [-0.3, -0.25) is 9.59 Å². The van der Waals surface area contributed by atoms with Gasteiger partial charge in [-0.25, -0.2) is 12.7 Å². The van der Waals surface area contributed by atoms with Crippen molar-refractivity contribution in [2.24, 2.45) is 5.92 Å². The van der Waals surface area contributed by atoms with E-state index in [1.165, 1.54) is 24.6 Å². The van der Waals surface area contributed by atoms with Crippen LogP contribution in [0.4, 0.5) is 0 Å². The zero-order valence-electron chi connectivity index (χ0n) is 15.3. The molecule has 0 unspecified atom stereocenters. The summed E-state index contributed by atoms with van der Waals surface area (Å²) in [4.78, 5) is 23.2. The number of hydrogen-bond acceptors (Lipinski definition) is 6. The number of sulfonamides is 1. The zero-order chi connectivity index (χ0) is 20.0. The number of aliphatic carboxylic acids is 1. The maximum atomic E-state index is 12.4. The second kappa shape index (κ2) is 9.05. The van der Waals surface area contributed by atoms with E-state index >= 15 is 0 Å². The van der Waals surface area contributed by atoms with Crippen LogP contribution in [-0.4, -0.2) is 69.3 Å². The number of carbonyl (C=O) groups excluding carboxylic acids is 1. The third kappa shape index (κ3) is 5.33. The molecule has 1 saturated heterocycles. The van der Waals surface area contributed by atoms with E-state index in [4.69, 9.17) is 14.6 Å². The molecule has 1 aromatic rings. The van der Waals surface area contributed by atoms with Gasteiger partial charge in [0.1, 0.15) is 0 Å². The van der Waals surface area contributed by atoms with E-state index in [-0.39, 0.29) is 25.4 Å². The van der Waals surface area contributed by atoms with Crippen LogP contribution in [0.2, 0.25) is 0 Å². The third-order valence-corrected chi connectivity index (χ3v) is 6.36. The van der Waals surface area contributed by atoms with Crippen molar-refractivity contribution in [2.75, 3.05) is 39.6 Å². The Balaban J connectivity index is 1.88. The molecule has 0 saturated carbocycles. The molecule has 2 N–H and O–H groups in total. The fraction of sp³-hybridized carbons (Fsp3) is 0.529. The third-order valence-electron chi connectivity index (χ3n) is 4.49. The lowest BCUT2D eigenvalue weighted by molar-refractivity contribution is -0.142. The molecular formula is C17H24N2O7S. The number of methoxy groups -OCH3 is 2. The molecule has 0 spiro atoms. The molecule has 9 nitrogen and oxygen atoms in total. The Hall–Kier alpha value is -2.33. The number of rotatable bonds is 8. The van der Waals surface area contributed by atoms with Gasteiger partial charge in [0, 0.05) is 25.2 Å². The summed E-state index contributed by atoms with van der Waals surface area (Å²) in [7, 11) is -0.607. The first-order valence-electron chi connectivity index (χ1n) is 8.49. The van der Waals surface area contributed by atoms with E-state index in [1.807, 2.05) is 0 Å². The van der Waals surface area contributed by atoms with Gasteiger partial charge in [-0.15, -0.1) is 0 Å². The lowest BCUT2D eigenvalue weighted by Gasteiger charge is -2.29. The Labute approximate surface area is 158 Å². The molecule has 0 radical (unpaired) electrons. The topological polar surface area (TPSA) is 122 Å². The van der Waals surface area contributed by atoms with Crippen LogP contribution < -0.4 is 14.8 Å². The highest BCUT2D eigenvalue weighted by molar-refractivity contribution is 7.89. The van der Waals surface area contributed by atoms with Crippen molar-refractivity contribution in [3.05, 3.63) is 23.8 Å². The molecule has 1 aliphatic rings. The zero-order valence-corrected chi connectivity index (χ0v) is 16.1. The van der Waals surface area contributed by atoms with Crippen molar-refractivity contribution in [2.45, 2.75) is 12.8 Å². The summed E-state index contributed by atoms with van der Waals surface area (Å²) >= 11 is 0. The summed E-state index contributed by atoms with van der Waals surface area (Å²) in [6, 6.07) is 4.66. The number of carbonyl (C=O) groups is 2. The van der Waals surface area contributed by atoms with Crippen molar-refractivity contribution in [1.29, 1.82) is 0 Å². The van der Waals surface area contributed by atoms with E-state index in [0.717, 1.165) is 0 Å². The minimum atomic E-state index is -3.55. The number of piperidine rings is 1. The maximum Gasteiger partial charge on any atom is 0.306 e. The average Bonchev–Trinajstić information content (AvgIpc) is 2.67. The minimum absolute atomic E-state index is 0.0473. The summed E-state index contributed by atoms with van der Waals surface area (Å²) < 4.78 is 36.2. The highest BCUT2D eigenvalue weighted by Gasteiger charge is 2.30. The van der Waals surface area contributed by atoms with Gasteiger partial charge < -0.3 is 19.9 Å². The van der Waals surface area contributed by atoms with Crippen LogP contribution in [-0.2, 0) is 14.8 Å². The lowest BCUT2D eigenvalue weighted by Crippen LogP contribution is -2.43. The number of carboxylic acids is 1.